The van der Waals surface area contributed by atoms with Crippen LogP contribution < -0.4 is 85.1 Å². The standard InChI is InChI=1S/C27H34N6O22P2.K/c34-7-10-20(18(40)23(51-10)32-5-2-14(36)29-26(32)43)54-57(47,48)50-9-12-21(19(41)24(53-12)33-6-3-15(37)30-27(33)44)55-56(45,46)49-8-11-16(38)17(39)22(52-11)31-4-1-13(35)28-25(31)42;/h1-6,10-12,16-24,34,38-41H,7-9H2,(H,45,46)(H,47,48)(H,28,35,42)(H,29,36,43)(H,30,37,44);/q;+1. The molecule has 6 rings (SSSR count). The number of nitrogens with one attached hydrogen (secondary N) is 3. The van der Waals surface area contributed by atoms with Crippen LogP contribution in [0, 0.1) is 0 Å². The van der Waals surface area contributed by atoms with E-state index >= 15 is 0 Å². The van der Waals surface area contributed by atoms with E-state index in [1.807, 2.05) is 15.0 Å². The number of hydrogen-bond donors (Lipinski definition) is 10. The Morgan fingerprint density at radius 3 is 1.31 bits per heavy atom. The summed E-state index contributed by atoms with van der Waals surface area (Å²) in [5, 5.41) is 52.7. The van der Waals surface area contributed by atoms with Crippen molar-refractivity contribution in [3.63, 3.8) is 0 Å². The SMILES string of the molecule is O=c1ccn(C2OC(COP(=O)(O)OC3C(COP(=O)(O)OC4C(CO)OC(n5ccc(=O)[nH]c5=O)C4O)OC(n4ccc(=O)[nH]c4=O)C3O)C(O)C2O)c(=O)[nH]1.[K+]. The van der Waals surface area contributed by atoms with E-state index in [-0.39, 0.29) is 51.4 Å². The third-order valence-electron chi connectivity index (χ3n) is 8.83. The first kappa shape index (κ1) is 46.6. The second-order valence-electron chi connectivity index (χ2n) is 12.6. The molecule has 6 heterocycles. The largest absolute Gasteiger partial charge is 1.00 e. The third kappa shape index (κ3) is 10.2. The van der Waals surface area contributed by atoms with Crippen LogP contribution in [-0.2, 0) is 41.4 Å². The summed E-state index contributed by atoms with van der Waals surface area (Å²) in [5.41, 5.74) is -5.64. The summed E-state index contributed by atoms with van der Waals surface area (Å²) >= 11 is 0. The minimum Gasteiger partial charge on any atom is -0.394 e. The number of aromatic nitrogens is 6. The Labute approximate surface area is 362 Å². The second-order valence-corrected chi connectivity index (χ2v) is 15.4. The topological polar surface area (TPSA) is 405 Å². The van der Waals surface area contributed by atoms with Gasteiger partial charge in [0.15, 0.2) is 18.7 Å². The van der Waals surface area contributed by atoms with E-state index in [0.29, 0.717) is 9.13 Å². The molecular weight excluding hydrogens is 861 g/mol. The molecule has 3 aliphatic heterocycles. The Balaban J connectivity index is 0.00000641. The van der Waals surface area contributed by atoms with Crippen molar-refractivity contribution in [1.29, 1.82) is 0 Å². The molecule has 3 aliphatic rings. The summed E-state index contributed by atoms with van der Waals surface area (Å²) in [7, 11) is -10.8. The molecular formula is C27H34KN6O22P2+. The van der Waals surface area contributed by atoms with Crippen LogP contribution >= 0.6 is 15.6 Å². The Hall–Kier alpha value is -2.42. The number of H-pyrrole nitrogens is 3. The van der Waals surface area contributed by atoms with Gasteiger partial charge in [-0.25, -0.2) is 23.5 Å². The van der Waals surface area contributed by atoms with Gasteiger partial charge in [-0.3, -0.25) is 61.1 Å². The third-order valence-corrected chi connectivity index (χ3v) is 10.8. The van der Waals surface area contributed by atoms with Crippen LogP contribution in [0.5, 0.6) is 0 Å². The molecule has 3 aromatic heterocycles. The number of ether oxygens (including phenoxy) is 3. The minimum absolute atomic E-state index is 0. The molecule has 3 fully saturated rings. The van der Waals surface area contributed by atoms with Crippen molar-refractivity contribution in [1.82, 2.24) is 28.7 Å². The molecule has 58 heavy (non-hydrogen) atoms. The number of aromatic amines is 3. The average molecular weight is 896 g/mol. The number of phosphoric ester groups is 2. The number of hydrogen-bond acceptors (Lipinski definition) is 20. The van der Waals surface area contributed by atoms with Gasteiger partial charge < -0.3 is 49.5 Å². The molecule has 28 nitrogen and oxygen atoms in total. The van der Waals surface area contributed by atoms with Crippen molar-refractivity contribution in [3.05, 3.63) is 99.3 Å². The van der Waals surface area contributed by atoms with E-state index < -0.39 is 143 Å². The van der Waals surface area contributed by atoms with Gasteiger partial charge in [0.1, 0.15) is 54.9 Å². The van der Waals surface area contributed by atoms with Crippen LogP contribution in [-0.4, -0.2) is 139 Å². The van der Waals surface area contributed by atoms with E-state index in [0.717, 1.165) is 41.4 Å². The first-order valence-electron chi connectivity index (χ1n) is 16.3. The summed E-state index contributed by atoms with van der Waals surface area (Å²) in [4.78, 5) is 98.5. The molecule has 0 bridgehead atoms. The maximum absolute atomic E-state index is 13.2. The Morgan fingerprint density at radius 1 is 0.569 bits per heavy atom. The summed E-state index contributed by atoms with van der Waals surface area (Å²) in [6, 6.07) is 2.68. The van der Waals surface area contributed by atoms with Crippen molar-refractivity contribution < 1.29 is 128 Å². The molecule has 0 saturated carbocycles. The van der Waals surface area contributed by atoms with E-state index in [1.54, 1.807) is 0 Å². The zero-order chi connectivity index (χ0) is 41.6. The summed E-state index contributed by atoms with van der Waals surface area (Å²) in [6.07, 6.45) is -19.0. The Bertz CT molecular complexity index is 2400. The van der Waals surface area contributed by atoms with E-state index in [9.17, 15) is 73.2 Å². The van der Waals surface area contributed by atoms with Gasteiger partial charge in [-0.1, -0.05) is 0 Å². The molecule has 0 aliphatic carbocycles. The van der Waals surface area contributed by atoms with Crippen LogP contribution in [0.4, 0.5) is 0 Å². The number of nitrogens with zero attached hydrogens (tertiary/aromatic N) is 3. The number of aliphatic hydroxyl groups excluding tert-OH is 5. The zero-order valence-electron chi connectivity index (χ0n) is 29.5. The number of rotatable bonds is 14. The molecule has 3 aromatic rings. The van der Waals surface area contributed by atoms with Crippen molar-refractivity contribution in [2.45, 2.75) is 73.6 Å². The van der Waals surface area contributed by atoms with Gasteiger partial charge in [0.05, 0.1) is 19.8 Å². The van der Waals surface area contributed by atoms with Crippen LogP contribution in [0.25, 0.3) is 0 Å². The van der Waals surface area contributed by atoms with Crippen LogP contribution in [0.1, 0.15) is 18.7 Å². The molecule has 0 radical (unpaired) electrons. The quantitative estimate of drug-likeness (QED) is 0.0530. The molecule has 31 heteroatoms. The van der Waals surface area contributed by atoms with E-state index in [4.69, 9.17) is 32.3 Å². The van der Waals surface area contributed by atoms with Crippen LogP contribution in [0.15, 0.2) is 65.6 Å². The smallest absolute Gasteiger partial charge is 0.394 e. The molecule has 10 N–H and O–H groups in total. The summed E-state index contributed by atoms with van der Waals surface area (Å²) in [6.45, 7) is -3.11. The van der Waals surface area contributed by atoms with Crippen molar-refractivity contribution in [2.24, 2.45) is 0 Å². The van der Waals surface area contributed by atoms with Gasteiger partial charge in [0, 0.05) is 36.8 Å². The maximum atomic E-state index is 13.2. The van der Waals surface area contributed by atoms with Gasteiger partial charge >= 0.3 is 84.1 Å². The molecule has 0 aromatic carbocycles. The maximum Gasteiger partial charge on any atom is 1.00 e. The van der Waals surface area contributed by atoms with Crippen molar-refractivity contribution in [2.75, 3.05) is 19.8 Å². The fraction of sp³-hybridized carbons (Fsp3) is 0.556. The molecule has 14 atom stereocenters. The zero-order valence-corrected chi connectivity index (χ0v) is 34.4. The first-order chi connectivity index (χ1) is 26.8. The number of phosphoric acid groups is 2. The van der Waals surface area contributed by atoms with Gasteiger partial charge in [0.25, 0.3) is 16.7 Å². The predicted molar refractivity (Wildman–Crippen MR) is 178 cm³/mol. The molecule has 3 saturated heterocycles. The van der Waals surface area contributed by atoms with E-state index in [1.165, 1.54) is 0 Å². The monoisotopic (exact) mass is 895 g/mol. The first-order valence-corrected chi connectivity index (χ1v) is 19.3. The molecule has 314 valence electrons. The van der Waals surface area contributed by atoms with Crippen molar-refractivity contribution in [3.8, 4) is 0 Å². The van der Waals surface area contributed by atoms with Gasteiger partial charge in [0.2, 0.25) is 0 Å². The Kier molecular flexibility index (Phi) is 15.0. The predicted octanol–water partition coefficient (Wildman–Crippen LogP) is -9.23. The summed E-state index contributed by atoms with van der Waals surface area (Å²) < 4.78 is 64.9. The number of aliphatic hydroxyl groups is 5. The minimum atomic E-state index is -5.43. The molecule has 0 spiro atoms. The van der Waals surface area contributed by atoms with Crippen molar-refractivity contribution >= 4 is 15.6 Å². The Morgan fingerprint density at radius 2 is 0.914 bits per heavy atom. The average Bonchev–Trinajstić information content (AvgIpc) is 3.71. The fourth-order valence-corrected chi connectivity index (χ4v) is 8.05. The molecule has 14 unspecified atom stereocenters. The van der Waals surface area contributed by atoms with E-state index in [2.05, 4.69) is 0 Å². The second kappa shape index (κ2) is 18.7. The fourth-order valence-electron chi connectivity index (χ4n) is 6.12. The molecule has 0 amide bonds. The van der Waals surface area contributed by atoms with Gasteiger partial charge in [-0.05, 0) is 0 Å². The normalized spacial score (nSPS) is 33.0. The van der Waals surface area contributed by atoms with Crippen LogP contribution in [0.2, 0.25) is 0 Å². The van der Waals surface area contributed by atoms with Crippen LogP contribution in [0.3, 0.4) is 0 Å². The summed E-state index contributed by atoms with van der Waals surface area (Å²) in [5.74, 6) is 0. The van der Waals surface area contributed by atoms with Gasteiger partial charge in [-0.2, -0.15) is 0 Å². The van der Waals surface area contributed by atoms with Gasteiger partial charge in [-0.15, -0.1) is 0 Å².